The number of sulfonamides is 1. The van der Waals surface area contributed by atoms with Crippen molar-refractivity contribution in [2.75, 3.05) is 6.54 Å². The lowest BCUT2D eigenvalue weighted by Crippen LogP contribution is -2.28. The van der Waals surface area contributed by atoms with Gasteiger partial charge in [-0.3, -0.25) is 0 Å². The number of rotatable bonds is 4. The first-order valence-electron chi connectivity index (χ1n) is 5.86. The zero-order valence-electron chi connectivity index (χ0n) is 9.77. The van der Waals surface area contributed by atoms with Crippen molar-refractivity contribution in [3.63, 3.8) is 0 Å². The van der Waals surface area contributed by atoms with Gasteiger partial charge < -0.3 is 0 Å². The minimum absolute atomic E-state index is 0.186. The summed E-state index contributed by atoms with van der Waals surface area (Å²) in [7, 11) is -3.47. The first-order chi connectivity index (χ1) is 8.47. The Hall–Kier alpha value is -0.290. The summed E-state index contributed by atoms with van der Waals surface area (Å²) < 4.78 is 26.7. The molecule has 18 heavy (non-hydrogen) atoms. The maximum absolute atomic E-state index is 12.0. The number of nitrogens with one attached hydrogen (secondary N) is 1. The summed E-state index contributed by atoms with van der Waals surface area (Å²) >= 11 is 11.8. The molecule has 1 aliphatic rings. The number of alkyl halides is 1. The second-order valence-electron chi connectivity index (χ2n) is 4.59. The Labute approximate surface area is 118 Å². The summed E-state index contributed by atoms with van der Waals surface area (Å²) in [5.74, 6) is 0.335. The zero-order valence-corrected chi connectivity index (χ0v) is 12.1. The number of hydrogen-bond donors (Lipinski definition) is 1. The Morgan fingerprint density at radius 2 is 2.11 bits per heavy atom. The van der Waals surface area contributed by atoms with Crippen LogP contribution in [0.5, 0.6) is 0 Å². The van der Waals surface area contributed by atoms with Crippen molar-refractivity contribution < 1.29 is 8.42 Å². The fraction of sp³-hybridized carbons (Fsp3) is 0.500. The molecule has 0 spiro atoms. The van der Waals surface area contributed by atoms with Gasteiger partial charge in [0.05, 0.1) is 4.90 Å². The summed E-state index contributed by atoms with van der Waals surface area (Å²) in [4.78, 5) is 0.204. The van der Waals surface area contributed by atoms with Crippen LogP contribution in [-0.2, 0) is 10.0 Å². The Kier molecular flexibility index (Phi) is 4.54. The Morgan fingerprint density at radius 3 is 2.72 bits per heavy atom. The highest BCUT2D eigenvalue weighted by atomic mass is 35.5. The maximum atomic E-state index is 12.0. The lowest BCUT2D eigenvalue weighted by atomic mass is 10.1. The van der Waals surface area contributed by atoms with Crippen LogP contribution in [0.15, 0.2) is 29.2 Å². The van der Waals surface area contributed by atoms with E-state index >= 15 is 0 Å². The molecule has 0 heterocycles. The van der Waals surface area contributed by atoms with E-state index in [1.54, 1.807) is 12.1 Å². The molecule has 1 saturated carbocycles. The second-order valence-corrected chi connectivity index (χ2v) is 7.41. The van der Waals surface area contributed by atoms with Gasteiger partial charge in [-0.05, 0) is 43.4 Å². The van der Waals surface area contributed by atoms with E-state index < -0.39 is 10.0 Å². The molecule has 1 aliphatic carbocycles. The van der Waals surface area contributed by atoms with Gasteiger partial charge in [0.25, 0.3) is 0 Å². The number of halogens is 2. The van der Waals surface area contributed by atoms with Gasteiger partial charge in [0.2, 0.25) is 10.0 Å². The average molecular weight is 308 g/mol. The highest BCUT2D eigenvalue weighted by Crippen LogP contribution is 2.29. The maximum Gasteiger partial charge on any atom is 0.240 e. The monoisotopic (exact) mass is 307 g/mol. The fourth-order valence-corrected chi connectivity index (χ4v) is 3.94. The van der Waals surface area contributed by atoms with Crippen LogP contribution in [0.3, 0.4) is 0 Å². The molecule has 2 unspecified atom stereocenters. The summed E-state index contributed by atoms with van der Waals surface area (Å²) in [6.45, 7) is 0.443. The van der Waals surface area contributed by atoms with E-state index in [4.69, 9.17) is 23.2 Å². The Bertz CT molecular complexity index is 519. The van der Waals surface area contributed by atoms with E-state index in [9.17, 15) is 8.42 Å². The SMILES string of the molecule is O=S(=O)(NCC1CCC(Cl)C1)c1cccc(Cl)c1. The van der Waals surface area contributed by atoms with Gasteiger partial charge in [0.1, 0.15) is 0 Å². The molecule has 2 atom stereocenters. The van der Waals surface area contributed by atoms with E-state index in [0.29, 0.717) is 17.5 Å². The standard InChI is InChI=1S/C12H15Cl2NO2S/c13-10-2-1-3-12(7-10)18(16,17)15-8-9-4-5-11(14)6-9/h1-3,7,9,11,15H,4-6,8H2. The molecule has 0 radical (unpaired) electrons. The van der Waals surface area contributed by atoms with Crippen molar-refractivity contribution in [2.45, 2.75) is 29.5 Å². The zero-order chi connectivity index (χ0) is 13.2. The molecule has 1 N–H and O–H groups in total. The van der Waals surface area contributed by atoms with Crippen LogP contribution in [-0.4, -0.2) is 20.3 Å². The largest absolute Gasteiger partial charge is 0.240 e. The van der Waals surface area contributed by atoms with E-state index in [2.05, 4.69) is 4.72 Å². The van der Waals surface area contributed by atoms with Gasteiger partial charge in [-0.15, -0.1) is 11.6 Å². The first kappa shape index (κ1) is 14.1. The molecular weight excluding hydrogens is 293 g/mol. The molecule has 1 aromatic rings. The molecule has 1 fully saturated rings. The van der Waals surface area contributed by atoms with Gasteiger partial charge in [-0.2, -0.15) is 0 Å². The van der Waals surface area contributed by atoms with Crippen LogP contribution >= 0.6 is 23.2 Å². The van der Waals surface area contributed by atoms with E-state index in [-0.39, 0.29) is 10.3 Å². The van der Waals surface area contributed by atoms with E-state index in [1.165, 1.54) is 12.1 Å². The third-order valence-electron chi connectivity index (χ3n) is 3.15. The summed E-state index contributed by atoms with van der Waals surface area (Å²) in [5, 5.41) is 0.602. The molecule has 6 heteroatoms. The predicted molar refractivity (Wildman–Crippen MR) is 73.6 cm³/mol. The fourth-order valence-electron chi connectivity index (χ4n) is 2.14. The predicted octanol–water partition coefficient (Wildman–Crippen LogP) is 3.03. The topological polar surface area (TPSA) is 46.2 Å². The molecule has 3 nitrogen and oxygen atoms in total. The average Bonchev–Trinajstić information content (AvgIpc) is 2.73. The van der Waals surface area contributed by atoms with Crippen molar-refractivity contribution >= 4 is 33.2 Å². The van der Waals surface area contributed by atoms with Crippen LogP contribution in [0.4, 0.5) is 0 Å². The van der Waals surface area contributed by atoms with Crippen LogP contribution < -0.4 is 4.72 Å². The summed E-state index contributed by atoms with van der Waals surface area (Å²) in [6, 6.07) is 6.26. The van der Waals surface area contributed by atoms with E-state index in [0.717, 1.165) is 19.3 Å². The first-order valence-corrected chi connectivity index (χ1v) is 8.16. The highest BCUT2D eigenvalue weighted by Gasteiger charge is 2.24. The van der Waals surface area contributed by atoms with E-state index in [1.807, 2.05) is 0 Å². The van der Waals surface area contributed by atoms with Crippen molar-refractivity contribution in [3.05, 3.63) is 29.3 Å². The molecule has 0 bridgehead atoms. The van der Waals surface area contributed by atoms with Crippen LogP contribution in [0.25, 0.3) is 0 Å². The third-order valence-corrected chi connectivity index (χ3v) is 5.20. The van der Waals surface area contributed by atoms with Crippen molar-refractivity contribution in [2.24, 2.45) is 5.92 Å². The lowest BCUT2D eigenvalue weighted by molar-refractivity contribution is 0.520. The molecule has 0 aromatic heterocycles. The van der Waals surface area contributed by atoms with Crippen LogP contribution in [0, 0.1) is 5.92 Å². The van der Waals surface area contributed by atoms with Gasteiger partial charge in [0, 0.05) is 16.9 Å². The molecule has 2 rings (SSSR count). The van der Waals surface area contributed by atoms with Gasteiger partial charge >= 0.3 is 0 Å². The molecule has 0 amide bonds. The lowest BCUT2D eigenvalue weighted by Gasteiger charge is -2.11. The summed E-state index contributed by atoms with van der Waals surface area (Å²) in [5.41, 5.74) is 0. The molecule has 1 aromatic carbocycles. The molecule has 0 saturated heterocycles. The smallest absolute Gasteiger partial charge is 0.211 e. The third kappa shape index (κ3) is 3.60. The molecular formula is C12H15Cl2NO2S. The van der Waals surface area contributed by atoms with Gasteiger partial charge in [-0.1, -0.05) is 17.7 Å². The number of hydrogen-bond acceptors (Lipinski definition) is 2. The minimum atomic E-state index is -3.47. The highest BCUT2D eigenvalue weighted by molar-refractivity contribution is 7.89. The van der Waals surface area contributed by atoms with Crippen molar-refractivity contribution in [1.29, 1.82) is 0 Å². The van der Waals surface area contributed by atoms with Crippen LogP contribution in [0.2, 0.25) is 5.02 Å². The molecule has 100 valence electrons. The Balaban J connectivity index is 1.99. The van der Waals surface area contributed by atoms with Crippen molar-refractivity contribution in [3.8, 4) is 0 Å². The quantitative estimate of drug-likeness (QED) is 0.869. The van der Waals surface area contributed by atoms with Crippen LogP contribution in [0.1, 0.15) is 19.3 Å². The van der Waals surface area contributed by atoms with Crippen molar-refractivity contribution in [1.82, 2.24) is 4.72 Å². The van der Waals surface area contributed by atoms with Gasteiger partial charge in [0.15, 0.2) is 0 Å². The Morgan fingerprint density at radius 1 is 1.33 bits per heavy atom. The second kappa shape index (κ2) is 5.78. The normalized spacial score (nSPS) is 24.3. The summed E-state index contributed by atoms with van der Waals surface area (Å²) in [6.07, 6.45) is 2.82. The molecule has 0 aliphatic heterocycles. The minimum Gasteiger partial charge on any atom is -0.211 e. The van der Waals surface area contributed by atoms with Gasteiger partial charge in [-0.25, -0.2) is 13.1 Å². The number of benzene rings is 1.